The molecular formula is C11H18N2O2S. The average Bonchev–Trinajstić information content (AvgIpc) is 2.53. The molecule has 1 heterocycles. The molecule has 4 nitrogen and oxygen atoms in total. The number of hydrogen-bond donors (Lipinski definition) is 1. The van der Waals surface area contributed by atoms with Crippen LogP contribution in [0.1, 0.15) is 26.7 Å². The van der Waals surface area contributed by atoms with Gasteiger partial charge in [0.1, 0.15) is 0 Å². The van der Waals surface area contributed by atoms with Crippen molar-refractivity contribution in [2.45, 2.75) is 32.7 Å². The monoisotopic (exact) mass is 242 g/mol. The molecule has 16 heavy (non-hydrogen) atoms. The second-order valence-electron chi connectivity index (χ2n) is 4.82. The van der Waals surface area contributed by atoms with Crippen molar-refractivity contribution in [2.24, 2.45) is 5.41 Å². The maximum absolute atomic E-state index is 11.1. The van der Waals surface area contributed by atoms with E-state index in [2.05, 4.69) is 11.4 Å². The number of nitriles is 1. The minimum atomic E-state index is -2.96. The summed E-state index contributed by atoms with van der Waals surface area (Å²) in [6.45, 7) is 4.56. The van der Waals surface area contributed by atoms with Crippen LogP contribution < -0.4 is 5.32 Å². The highest BCUT2D eigenvalue weighted by Crippen LogP contribution is 2.20. The number of rotatable bonds is 5. The first kappa shape index (κ1) is 13.2. The lowest BCUT2D eigenvalue weighted by Gasteiger charge is -2.15. The van der Waals surface area contributed by atoms with Gasteiger partial charge in [-0.25, -0.2) is 8.42 Å². The van der Waals surface area contributed by atoms with Crippen LogP contribution in [0.5, 0.6) is 0 Å². The Morgan fingerprint density at radius 2 is 2.25 bits per heavy atom. The summed E-state index contributed by atoms with van der Waals surface area (Å²) in [6.07, 6.45) is 3.38. The fraction of sp³-hybridized carbons (Fsp3) is 0.727. The van der Waals surface area contributed by atoms with Crippen LogP contribution in [0, 0.1) is 16.7 Å². The summed E-state index contributed by atoms with van der Waals surface area (Å²) in [6, 6.07) is 2.19. The molecule has 0 aromatic carbocycles. The van der Waals surface area contributed by atoms with Gasteiger partial charge in [0.05, 0.1) is 17.2 Å². The smallest absolute Gasteiger partial charge is 0.173 e. The van der Waals surface area contributed by atoms with Gasteiger partial charge in [0.2, 0.25) is 0 Å². The second kappa shape index (κ2) is 4.98. The predicted octanol–water partition coefficient (Wildman–Crippen LogP) is 1.22. The van der Waals surface area contributed by atoms with Crippen molar-refractivity contribution >= 4 is 9.84 Å². The van der Waals surface area contributed by atoms with Crippen LogP contribution in [0.2, 0.25) is 0 Å². The van der Waals surface area contributed by atoms with Gasteiger partial charge in [-0.15, -0.1) is 0 Å². The molecule has 1 aliphatic heterocycles. The van der Waals surface area contributed by atoms with Crippen LogP contribution in [0.4, 0.5) is 0 Å². The van der Waals surface area contributed by atoms with Gasteiger partial charge in [-0.05, 0) is 33.2 Å². The summed E-state index contributed by atoms with van der Waals surface area (Å²) in [5.41, 5.74) is -0.292. The van der Waals surface area contributed by atoms with E-state index in [1.165, 1.54) is 5.41 Å². The van der Waals surface area contributed by atoms with Crippen molar-refractivity contribution in [1.82, 2.24) is 5.32 Å². The standard InChI is InChI=1S/C11H18N2O2S/c1-11(2,9-12)5-3-6-13-10-4-7-16(14,15)8-10/h4,7,10,13H,3,5-6,8H2,1-2H3. The Kier molecular flexibility index (Phi) is 4.11. The Morgan fingerprint density at radius 1 is 1.56 bits per heavy atom. The molecule has 1 aliphatic rings. The van der Waals surface area contributed by atoms with Gasteiger partial charge in [0.15, 0.2) is 9.84 Å². The summed E-state index contributed by atoms with van der Waals surface area (Å²) < 4.78 is 22.2. The van der Waals surface area contributed by atoms with Crippen molar-refractivity contribution in [1.29, 1.82) is 5.26 Å². The third kappa shape index (κ3) is 4.33. The van der Waals surface area contributed by atoms with E-state index in [1.54, 1.807) is 6.08 Å². The van der Waals surface area contributed by atoms with Gasteiger partial charge in [-0.3, -0.25) is 0 Å². The molecular weight excluding hydrogens is 224 g/mol. The van der Waals surface area contributed by atoms with Crippen LogP contribution in [-0.2, 0) is 9.84 Å². The molecule has 90 valence electrons. The fourth-order valence-corrected chi connectivity index (χ4v) is 2.85. The molecule has 5 heteroatoms. The second-order valence-corrected chi connectivity index (χ2v) is 6.75. The quantitative estimate of drug-likeness (QED) is 0.736. The first-order valence-electron chi connectivity index (χ1n) is 5.40. The number of sulfone groups is 1. The molecule has 1 atom stereocenters. The molecule has 0 aromatic heterocycles. The third-order valence-corrected chi connectivity index (χ3v) is 4.01. The lowest BCUT2D eigenvalue weighted by molar-refractivity contribution is 0.423. The lowest BCUT2D eigenvalue weighted by Crippen LogP contribution is -2.31. The zero-order valence-corrected chi connectivity index (χ0v) is 10.5. The fourth-order valence-electron chi connectivity index (χ4n) is 1.58. The molecule has 0 saturated carbocycles. The van der Waals surface area contributed by atoms with E-state index in [9.17, 15) is 8.42 Å². The van der Waals surface area contributed by atoms with Gasteiger partial charge in [-0.2, -0.15) is 5.26 Å². The van der Waals surface area contributed by atoms with Crippen LogP contribution in [0.3, 0.4) is 0 Å². The Balaban J connectivity index is 2.19. The molecule has 1 rings (SSSR count). The molecule has 0 radical (unpaired) electrons. The van der Waals surface area contributed by atoms with Gasteiger partial charge < -0.3 is 5.32 Å². The van der Waals surface area contributed by atoms with Gasteiger partial charge in [0, 0.05) is 11.4 Å². The predicted molar refractivity (Wildman–Crippen MR) is 63.3 cm³/mol. The topological polar surface area (TPSA) is 70.0 Å². The highest BCUT2D eigenvalue weighted by Gasteiger charge is 2.21. The van der Waals surface area contributed by atoms with Crippen LogP contribution >= 0.6 is 0 Å². The van der Waals surface area contributed by atoms with Crippen LogP contribution in [0.15, 0.2) is 11.5 Å². The van der Waals surface area contributed by atoms with Gasteiger partial charge >= 0.3 is 0 Å². The van der Waals surface area contributed by atoms with Crippen molar-refractivity contribution < 1.29 is 8.42 Å². The zero-order chi connectivity index (χ0) is 12.2. The summed E-state index contributed by atoms with van der Waals surface area (Å²) in [5.74, 6) is 0.161. The van der Waals surface area contributed by atoms with E-state index in [0.717, 1.165) is 19.4 Å². The largest absolute Gasteiger partial charge is 0.310 e. The highest BCUT2D eigenvalue weighted by molar-refractivity contribution is 7.94. The summed E-state index contributed by atoms with van der Waals surface area (Å²) in [4.78, 5) is 0. The molecule has 0 fully saturated rings. The third-order valence-electron chi connectivity index (χ3n) is 2.62. The number of nitrogens with one attached hydrogen (secondary N) is 1. The van der Waals surface area contributed by atoms with E-state index in [-0.39, 0.29) is 17.2 Å². The average molecular weight is 242 g/mol. The van der Waals surface area contributed by atoms with Crippen molar-refractivity contribution in [3.05, 3.63) is 11.5 Å². The van der Waals surface area contributed by atoms with Gasteiger partial charge in [0.25, 0.3) is 0 Å². The zero-order valence-electron chi connectivity index (χ0n) is 9.73. The number of hydrogen-bond acceptors (Lipinski definition) is 4. The summed E-state index contributed by atoms with van der Waals surface area (Å²) >= 11 is 0. The maximum atomic E-state index is 11.1. The van der Waals surface area contributed by atoms with E-state index in [4.69, 9.17) is 5.26 Å². The first-order valence-corrected chi connectivity index (χ1v) is 7.12. The molecule has 0 saturated heterocycles. The van der Waals surface area contributed by atoms with E-state index >= 15 is 0 Å². The minimum Gasteiger partial charge on any atom is -0.310 e. The Hall–Kier alpha value is -0.860. The molecule has 0 amide bonds. The van der Waals surface area contributed by atoms with Crippen molar-refractivity contribution in [3.8, 4) is 6.07 Å². The normalized spacial score (nSPS) is 23.2. The van der Waals surface area contributed by atoms with Gasteiger partial charge in [-0.1, -0.05) is 6.08 Å². The van der Waals surface area contributed by atoms with Crippen LogP contribution in [0.25, 0.3) is 0 Å². The summed E-state index contributed by atoms with van der Waals surface area (Å²) in [5, 5.41) is 13.2. The Labute approximate surface area is 97.3 Å². The van der Waals surface area contributed by atoms with Crippen LogP contribution in [-0.4, -0.2) is 26.8 Å². The molecule has 0 aromatic rings. The molecule has 0 aliphatic carbocycles. The van der Waals surface area contributed by atoms with E-state index < -0.39 is 9.84 Å². The Morgan fingerprint density at radius 3 is 2.75 bits per heavy atom. The minimum absolute atomic E-state index is 0.0600. The van der Waals surface area contributed by atoms with Crippen molar-refractivity contribution in [2.75, 3.05) is 12.3 Å². The Bertz CT molecular complexity index is 404. The molecule has 0 spiro atoms. The van der Waals surface area contributed by atoms with E-state index in [1.807, 2.05) is 13.8 Å². The molecule has 1 N–H and O–H groups in total. The summed E-state index contributed by atoms with van der Waals surface area (Å²) in [7, 11) is -2.96. The van der Waals surface area contributed by atoms with Crippen molar-refractivity contribution in [3.63, 3.8) is 0 Å². The molecule has 0 bridgehead atoms. The highest BCUT2D eigenvalue weighted by atomic mass is 32.2. The number of nitrogens with zero attached hydrogens (tertiary/aromatic N) is 1. The van der Waals surface area contributed by atoms with E-state index in [0.29, 0.717) is 0 Å². The maximum Gasteiger partial charge on any atom is 0.173 e. The first-order chi connectivity index (χ1) is 7.35. The molecule has 1 unspecified atom stereocenters. The lowest BCUT2D eigenvalue weighted by atomic mass is 9.90. The SMILES string of the molecule is CC(C)(C#N)CCCNC1C=CS(=O)(=O)C1.